The summed E-state index contributed by atoms with van der Waals surface area (Å²) in [4.78, 5) is 36.9. The van der Waals surface area contributed by atoms with Crippen molar-refractivity contribution in [2.75, 3.05) is 6.61 Å². The SMILES string of the molecule is CCCCC(=O)c1cc(C(=O)CCCC)cc(C(=O)CCCO)c1. The number of unbranched alkanes of at least 4 members (excludes halogenated alkanes) is 2. The monoisotopic (exact) mass is 332 g/mol. The average Bonchev–Trinajstić information content (AvgIpc) is 2.61. The van der Waals surface area contributed by atoms with Gasteiger partial charge in [-0.05, 0) is 37.5 Å². The van der Waals surface area contributed by atoms with Gasteiger partial charge in [0, 0.05) is 42.6 Å². The van der Waals surface area contributed by atoms with Gasteiger partial charge in [-0.25, -0.2) is 0 Å². The Hall–Kier alpha value is -1.81. The van der Waals surface area contributed by atoms with Gasteiger partial charge in [0.2, 0.25) is 0 Å². The number of carbonyl (C=O) groups is 3. The Morgan fingerprint density at radius 3 is 1.33 bits per heavy atom. The second kappa shape index (κ2) is 10.9. The molecule has 0 radical (unpaired) electrons. The maximum atomic E-state index is 12.3. The second-order valence-corrected chi connectivity index (χ2v) is 6.10. The number of aliphatic hydroxyl groups excluding tert-OH is 1. The molecule has 132 valence electrons. The zero-order valence-corrected chi connectivity index (χ0v) is 14.8. The highest BCUT2D eigenvalue weighted by molar-refractivity contribution is 6.06. The van der Waals surface area contributed by atoms with Crippen LogP contribution in [0.2, 0.25) is 0 Å². The maximum Gasteiger partial charge on any atom is 0.163 e. The summed E-state index contributed by atoms with van der Waals surface area (Å²) in [5, 5.41) is 8.88. The highest BCUT2D eigenvalue weighted by Crippen LogP contribution is 2.18. The summed E-state index contributed by atoms with van der Waals surface area (Å²) in [7, 11) is 0. The number of Topliss-reactive ketones (excluding diaryl/α,β-unsaturated/α-hetero) is 3. The van der Waals surface area contributed by atoms with E-state index in [2.05, 4.69) is 0 Å². The first kappa shape index (κ1) is 20.2. The van der Waals surface area contributed by atoms with Crippen molar-refractivity contribution in [2.45, 2.75) is 65.2 Å². The third-order valence-electron chi connectivity index (χ3n) is 3.98. The summed E-state index contributed by atoms with van der Waals surface area (Å²) >= 11 is 0. The Bertz CT molecular complexity index is 482. The molecule has 4 heteroatoms. The molecule has 0 saturated carbocycles. The van der Waals surface area contributed by atoms with Crippen molar-refractivity contribution in [3.05, 3.63) is 34.9 Å². The molecule has 1 N–H and O–H groups in total. The zero-order chi connectivity index (χ0) is 17.9. The lowest BCUT2D eigenvalue weighted by Crippen LogP contribution is -2.09. The summed E-state index contributed by atoms with van der Waals surface area (Å²) < 4.78 is 0. The van der Waals surface area contributed by atoms with E-state index in [-0.39, 0.29) is 30.4 Å². The Morgan fingerprint density at radius 2 is 1.04 bits per heavy atom. The van der Waals surface area contributed by atoms with Gasteiger partial charge in [0.1, 0.15) is 0 Å². The fraction of sp³-hybridized carbons (Fsp3) is 0.550. The van der Waals surface area contributed by atoms with Crippen molar-refractivity contribution in [1.29, 1.82) is 0 Å². The van der Waals surface area contributed by atoms with E-state index in [4.69, 9.17) is 5.11 Å². The fourth-order valence-electron chi connectivity index (χ4n) is 2.46. The molecule has 0 aromatic heterocycles. The highest BCUT2D eigenvalue weighted by atomic mass is 16.3. The van der Waals surface area contributed by atoms with E-state index in [1.165, 1.54) is 0 Å². The van der Waals surface area contributed by atoms with Gasteiger partial charge >= 0.3 is 0 Å². The molecule has 0 fully saturated rings. The highest BCUT2D eigenvalue weighted by Gasteiger charge is 2.16. The normalized spacial score (nSPS) is 10.6. The van der Waals surface area contributed by atoms with Gasteiger partial charge in [-0.2, -0.15) is 0 Å². The lowest BCUT2D eigenvalue weighted by atomic mass is 9.94. The molecule has 0 unspecified atom stereocenters. The summed E-state index contributed by atoms with van der Waals surface area (Å²) in [5.41, 5.74) is 1.28. The van der Waals surface area contributed by atoms with Crippen molar-refractivity contribution in [2.24, 2.45) is 0 Å². The van der Waals surface area contributed by atoms with Gasteiger partial charge in [-0.15, -0.1) is 0 Å². The van der Waals surface area contributed by atoms with Crippen LogP contribution in [0.4, 0.5) is 0 Å². The largest absolute Gasteiger partial charge is 0.396 e. The smallest absolute Gasteiger partial charge is 0.163 e. The topological polar surface area (TPSA) is 71.4 Å². The van der Waals surface area contributed by atoms with Crippen LogP contribution < -0.4 is 0 Å². The van der Waals surface area contributed by atoms with Crippen LogP contribution in [-0.2, 0) is 0 Å². The molecule has 0 spiro atoms. The molecule has 24 heavy (non-hydrogen) atoms. The average molecular weight is 332 g/mol. The Kier molecular flexibility index (Phi) is 9.16. The third kappa shape index (κ3) is 6.36. The van der Waals surface area contributed by atoms with Gasteiger partial charge in [0.25, 0.3) is 0 Å². The van der Waals surface area contributed by atoms with E-state index in [0.717, 1.165) is 25.7 Å². The van der Waals surface area contributed by atoms with E-state index < -0.39 is 0 Å². The van der Waals surface area contributed by atoms with Crippen LogP contribution in [0.3, 0.4) is 0 Å². The van der Waals surface area contributed by atoms with Gasteiger partial charge < -0.3 is 5.11 Å². The van der Waals surface area contributed by atoms with Crippen LogP contribution in [0.5, 0.6) is 0 Å². The number of carbonyl (C=O) groups excluding carboxylic acids is 3. The van der Waals surface area contributed by atoms with E-state index >= 15 is 0 Å². The number of ketones is 3. The molecule has 0 saturated heterocycles. The predicted octanol–water partition coefficient (Wildman–Crippen LogP) is 4.39. The van der Waals surface area contributed by atoms with Crippen LogP contribution >= 0.6 is 0 Å². The lowest BCUT2D eigenvalue weighted by Gasteiger charge is -2.09. The Morgan fingerprint density at radius 1 is 0.708 bits per heavy atom. The molecule has 4 nitrogen and oxygen atoms in total. The molecule has 0 aliphatic rings. The molecule has 0 atom stereocenters. The molecule has 0 heterocycles. The van der Waals surface area contributed by atoms with Gasteiger partial charge in [-0.3, -0.25) is 14.4 Å². The predicted molar refractivity (Wildman–Crippen MR) is 94.8 cm³/mol. The summed E-state index contributed by atoms with van der Waals surface area (Å²) in [5.74, 6) is -0.199. The van der Waals surface area contributed by atoms with E-state index in [1.807, 2.05) is 13.8 Å². The standard InChI is InChI=1S/C20H28O4/c1-3-5-8-18(22)15-12-16(19(23)9-6-4-2)14-17(13-15)20(24)10-7-11-21/h12-14,21H,3-11H2,1-2H3. The van der Waals surface area contributed by atoms with Gasteiger partial charge in [0.15, 0.2) is 17.3 Å². The minimum Gasteiger partial charge on any atom is -0.396 e. The number of hydrogen-bond acceptors (Lipinski definition) is 4. The molecule has 0 aliphatic heterocycles. The molecule has 0 bridgehead atoms. The van der Waals surface area contributed by atoms with Crippen LogP contribution in [0, 0.1) is 0 Å². The second-order valence-electron chi connectivity index (χ2n) is 6.10. The zero-order valence-electron chi connectivity index (χ0n) is 14.8. The lowest BCUT2D eigenvalue weighted by molar-refractivity contribution is 0.0971. The maximum absolute atomic E-state index is 12.3. The van der Waals surface area contributed by atoms with Crippen molar-refractivity contribution < 1.29 is 19.5 Å². The van der Waals surface area contributed by atoms with Crippen LogP contribution in [-0.4, -0.2) is 29.1 Å². The third-order valence-corrected chi connectivity index (χ3v) is 3.98. The molecular weight excluding hydrogens is 304 g/mol. The number of aliphatic hydroxyl groups is 1. The molecule has 1 rings (SSSR count). The van der Waals surface area contributed by atoms with E-state index in [9.17, 15) is 14.4 Å². The minimum absolute atomic E-state index is 0.0294. The van der Waals surface area contributed by atoms with Crippen molar-refractivity contribution >= 4 is 17.3 Å². The Labute approximate surface area is 144 Å². The molecule has 1 aromatic rings. The molecule has 1 aromatic carbocycles. The van der Waals surface area contributed by atoms with E-state index in [0.29, 0.717) is 36.0 Å². The summed E-state index contributed by atoms with van der Waals surface area (Å²) in [6.45, 7) is 3.98. The number of rotatable bonds is 12. The van der Waals surface area contributed by atoms with Gasteiger partial charge in [-0.1, -0.05) is 26.7 Å². The van der Waals surface area contributed by atoms with Crippen molar-refractivity contribution in [3.63, 3.8) is 0 Å². The van der Waals surface area contributed by atoms with Crippen LogP contribution in [0.25, 0.3) is 0 Å². The van der Waals surface area contributed by atoms with Gasteiger partial charge in [0.05, 0.1) is 0 Å². The minimum atomic E-state index is -0.140. The quantitative estimate of drug-likeness (QED) is 0.576. The molecular formula is C20H28O4. The Balaban J connectivity index is 3.11. The number of benzene rings is 1. The van der Waals surface area contributed by atoms with E-state index in [1.54, 1.807) is 18.2 Å². The van der Waals surface area contributed by atoms with Crippen molar-refractivity contribution in [3.8, 4) is 0 Å². The summed E-state index contributed by atoms with van der Waals surface area (Å²) in [6.07, 6.45) is 4.87. The van der Waals surface area contributed by atoms with Crippen LogP contribution in [0.1, 0.15) is 96.3 Å². The fourth-order valence-corrected chi connectivity index (χ4v) is 2.46. The van der Waals surface area contributed by atoms with Crippen LogP contribution in [0.15, 0.2) is 18.2 Å². The molecule has 0 aliphatic carbocycles. The van der Waals surface area contributed by atoms with Crippen molar-refractivity contribution in [1.82, 2.24) is 0 Å². The first-order valence-electron chi connectivity index (χ1n) is 8.89. The first-order valence-corrected chi connectivity index (χ1v) is 8.89. The molecule has 0 amide bonds. The number of hydrogen-bond donors (Lipinski definition) is 1. The summed E-state index contributed by atoms with van der Waals surface area (Å²) in [6, 6.07) is 4.81. The first-order chi connectivity index (χ1) is 11.5.